The fourth-order valence-corrected chi connectivity index (χ4v) is 3.07. The molecule has 1 aliphatic heterocycles. The van der Waals surface area contributed by atoms with Crippen molar-refractivity contribution in [1.82, 2.24) is 20.1 Å². The number of nitrogens with zero attached hydrogens (tertiary/aromatic N) is 4. The first kappa shape index (κ1) is 17.5. The van der Waals surface area contributed by atoms with E-state index in [1.165, 1.54) is 20.4 Å². The second kappa shape index (κ2) is 6.90. The molecule has 0 saturated carbocycles. The van der Waals surface area contributed by atoms with Gasteiger partial charge in [-0.1, -0.05) is 0 Å². The van der Waals surface area contributed by atoms with Gasteiger partial charge in [-0.3, -0.25) is 9.48 Å². The van der Waals surface area contributed by atoms with Gasteiger partial charge >= 0.3 is 6.09 Å². The van der Waals surface area contributed by atoms with E-state index in [0.717, 1.165) is 0 Å². The molecule has 0 fully saturated rings. The Balaban J connectivity index is 1.94. The van der Waals surface area contributed by atoms with Crippen molar-refractivity contribution in [2.24, 2.45) is 7.05 Å². The van der Waals surface area contributed by atoms with E-state index >= 15 is 0 Å². The Morgan fingerprint density at radius 3 is 2.73 bits per heavy atom. The van der Waals surface area contributed by atoms with Crippen molar-refractivity contribution in [3.05, 3.63) is 29.7 Å². The van der Waals surface area contributed by atoms with Crippen LogP contribution >= 0.6 is 0 Å². The normalized spacial score (nSPS) is 16.0. The number of carbonyl (C=O) groups excluding carboxylic acids is 1. The molecule has 0 aromatic carbocycles. The van der Waals surface area contributed by atoms with Crippen molar-refractivity contribution in [2.45, 2.75) is 12.5 Å². The molecule has 138 valence electrons. The summed E-state index contributed by atoms with van der Waals surface area (Å²) in [5, 5.41) is 15.7. The van der Waals surface area contributed by atoms with Crippen molar-refractivity contribution in [2.75, 3.05) is 25.7 Å². The van der Waals surface area contributed by atoms with Crippen LogP contribution in [0.1, 0.15) is 28.5 Å². The Morgan fingerprint density at radius 2 is 2.08 bits per heavy atom. The second-order valence-electron chi connectivity index (χ2n) is 5.72. The number of anilines is 1. The van der Waals surface area contributed by atoms with Crippen LogP contribution in [-0.4, -0.2) is 52.6 Å². The Kier molecular flexibility index (Phi) is 4.65. The molecule has 10 heteroatoms. The number of pyridine rings is 1. The smallest absolute Gasteiger partial charge is 0.405 e. The van der Waals surface area contributed by atoms with Crippen LogP contribution in [0.2, 0.25) is 0 Å². The molecule has 0 saturated heterocycles. The molecule has 2 N–H and O–H groups in total. The largest absolute Gasteiger partial charge is 0.491 e. The number of hydrogen-bond acceptors (Lipinski definition) is 6. The summed E-state index contributed by atoms with van der Waals surface area (Å²) >= 11 is 0. The zero-order valence-electron chi connectivity index (χ0n) is 14.6. The predicted molar refractivity (Wildman–Crippen MR) is 90.7 cm³/mol. The van der Waals surface area contributed by atoms with Crippen molar-refractivity contribution >= 4 is 17.7 Å². The number of amides is 2. The number of aryl methyl sites for hydroxylation is 1. The lowest BCUT2D eigenvalue weighted by atomic mass is 10.0. The number of fused-ring (bicyclic) bond motifs is 1. The zero-order valence-corrected chi connectivity index (χ0v) is 14.6. The lowest BCUT2D eigenvalue weighted by molar-refractivity contribution is 0.0982. The van der Waals surface area contributed by atoms with Crippen LogP contribution in [0.5, 0.6) is 11.6 Å². The number of carbonyl (C=O) groups is 2. The van der Waals surface area contributed by atoms with Gasteiger partial charge in [-0.2, -0.15) is 5.10 Å². The molecular formula is C16H19N5O5. The number of methoxy groups -OCH3 is 2. The first-order valence-electron chi connectivity index (χ1n) is 7.87. The molecule has 1 atom stereocenters. The van der Waals surface area contributed by atoms with Crippen LogP contribution in [0.4, 0.5) is 10.5 Å². The van der Waals surface area contributed by atoms with E-state index in [2.05, 4.69) is 15.4 Å². The van der Waals surface area contributed by atoms with Gasteiger partial charge in [0.15, 0.2) is 5.75 Å². The lowest BCUT2D eigenvalue weighted by Crippen LogP contribution is -2.41. The molecule has 10 nitrogen and oxygen atoms in total. The molecule has 3 heterocycles. The van der Waals surface area contributed by atoms with Crippen molar-refractivity contribution in [3.63, 3.8) is 0 Å². The highest BCUT2D eigenvalue weighted by atomic mass is 16.5. The topological polar surface area (TPSA) is 119 Å². The standard InChI is InChI=1S/C16H19N5O5/c1-20-13-10(19-16(23)24)4-5-21(11(13)8-18-20)15(22)9-6-12(25-2)14(26-3)17-7-9/h6-8,10,19H,4-5H2,1-3H3,(H,23,24). The molecule has 2 aromatic heterocycles. The third kappa shape index (κ3) is 3.01. The van der Waals surface area contributed by atoms with E-state index in [0.29, 0.717) is 35.7 Å². The molecule has 3 rings (SSSR count). The molecule has 2 aromatic rings. The summed E-state index contributed by atoms with van der Waals surface area (Å²) in [6.45, 7) is 0.344. The fraction of sp³-hybridized carbons (Fsp3) is 0.375. The van der Waals surface area contributed by atoms with E-state index in [4.69, 9.17) is 14.6 Å². The van der Waals surface area contributed by atoms with Crippen LogP contribution in [0.3, 0.4) is 0 Å². The molecule has 1 unspecified atom stereocenters. The van der Waals surface area contributed by atoms with Gasteiger partial charge in [0.05, 0.1) is 43.4 Å². The van der Waals surface area contributed by atoms with Crippen molar-refractivity contribution in [1.29, 1.82) is 0 Å². The van der Waals surface area contributed by atoms with Crippen molar-refractivity contribution in [3.8, 4) is 11.6 Å². The molecular weight excluding hydrogens is 342 g/mol. The van der Waals surface area contributed by atoms with Gasteiger partial charge in [0.25, 0.3) is 11.8 Å². The minimum Gasteiger partial charge on any atom is -0.491 e. The third-order valence-electron chi connectivity index (χ3n) is 4.25. The van der Waals surface area contributed by atoms with Gasteiger partial charge in [-0.05, 0) is 6.42 Å². The number of rotatable bonds is 4. The Labute approximate surface area is 149 Å². The molecule has 1 aliphatic rings. The number of ether oxygens (including phenoxy) is 2. The minimum absolute atomic E-state index is 0.276. The van der Waals surface area contributed by atoms with Gasteiger partial charge in [0.2, 0.25) is 0 Å². The van der Waals surface area contributed by atoms with E-state index in [-0.39, 0.29) is 11.8 Å². The number of nitrogens with one attached hydrogen (secondary N) is 1. The number of hydrogen-bond donors (Lipinski definition) is 2. The minimum atomic E-state index is -1.12. The second-order valence-corrected chi connectivity index (χ2v) is 5.72. The summed E-state index contributed by atoms with van der Waals surface area (Å²) in [5.41, 5.74) is 1.54. The summed E-state index contributed by atoms with van der Waals surface area (Å²) in [5.74, 6) is 0.365. The fourth-order valence-electron chi connectivity index (χ4n) is 3.07. The molecule has 0 radical (unpaired) electrons. The lowest BCUT2D eigenvalue weighted by Gasteiger charge is -2.32. The zero-order chi connectivity index (χ0) is 18.8. The van der Waals surface area contributed by atoms with Crippen LogP contribution in [0, 0.1) is 0 Å². The van der Waals surface area contributed by atoms with Crippen LogP contribution in [0.15, 0.2) is 18.5 Å². The summed E-state index contributed by atoms with van der Waals surface area (Å²) < 4.78 is 11.9. The highest BCUT2D eigenvalue weighted by molar-refractivity contribution is 6.06. The first-order valence-corrected chi connectivity index (χ1v) is 7.87. The maximum atomic E-state index is 13.0. The first-order chi connectivity index (χ1) is 12.5. The van der Waals surface area contributed by atoms with E-state index < -0.39 is 12.1 Å². The highest BCUT2D eigenvalue weighted by Crippen LogP contribution is 2.35. The highest BCUT2D eigenvalue weighted by Gasteiger charge is 2.33. The van der Waals surface area contributed by atoms with Crippen molar-refractivity contribution < 1.29 is 24.2 Å². The van der Waals surface area contributed by atoms with E-state index in [1.807, 2.05) is 0 Å². The van der Waals surface area contributed by atoms with Gasteiger partial charge in [-0.15, -0.1) is 0 Å². The maximum absolute atomic E-state index is 13.0. The Bertz CT molecular complexity index is 850. The summed E-state index contributed by atoms with van der Waals surface area (Å²) in [4.78, 5) is 29.7. The SMILES string of the molecule is COc1cc(C(=O)N2CCC(NC(=O)O)c3c2cnn3C)cnc1OC. The van der Waals surface area contributed by atoms with Gasteiger partial charge in [0.1, 0.15) is 0 Å². The van der Waals surface area contributed by atoms with Gasteiger partial charge in [-0.25, -0.2) is 9.78 Å². The average Bonchev–Trinajstić information content (AvgIpc) is 3.02. The van der Waals surface area contributed by atoms with E-state index in [9.17, 15) is 9.59 Å². The average molecular weight is 361 g/mol. The monoisotopic (exact) mass is 361 g/mol. The third-order valence-corrected chi connectivity index (χ3v) is 4.25. The van der Waals surface area contributed by atoms with Gasteiger partial charge < -0.3 is 24.8 Å². The van der Waals surface area contributed by atoms with Crippen LogP contribution in [-0.2, 0) is 7.05 Å². The molecule has 0 aliphatic carbocycles. The summed E-state index contributed by atoms with van der Waals surface area (Å²) in [6, 6.07) is 1.13. The number of carboxylic acid groups (broad SMARTS) is 1. The van der Waals surface area contributed by atoms with Crippen LogP contribution < -0.4 is 19.7 Å². The molecule has 0 bridgehead atoms. The molecule has 26 heavy (non-hydrogen) atoms. The summed E-state index contributed by atoms with van der Waals surface area (Å²) in [7, 11) is 4.64. The molecule has 2 amide bonds. The quantitative estimate of drug-likeness (QED) is 0.839. The van der Waals surface area contributed by atoms with Crippen LogP contribution in [0.25, 0.3) is 0 Å². The maximum Gasteiger partial charge on any atom is 0.405 e. The van der Waals surface area contributed by atoms with E-state index in [1.54, 1.807) is 28.9 Å². The summed E-state index contributed by atoms with van der Waals surface area (Å²) in [6.07, 6.45) is 2.29. The predicted octanol–water partition coefficient (Wildman–Crippen LogP) is 1.19. The Morgan fingerprint density at radius 1 is 1.31 bits per heavy atom. The van der Waals surface area contributed by atoms with Gasteiger partial charge in [0, 0.05) is 25.9 Å². The number of aromatic nitrogens is 3. The Hall–Kier alpha value is -3.30. The molecule has 0 spiro atoms.